The summed E-state index contributed by atoms with van der Waals surface area (Å²) < 4.78 is 0. The summed E-state index contributed by atoms with van der Waals surface area (Å²) in [6.45, 7) is 3.91. The van der Waals surface area contributed by atoms with E-state index in [0.29, 0.717) is 5.92 Å². The molecular weight excluding hydrogens is 280 g/mol. The molecule has 0 saturated carbocycles. The Morgan fingerprint density at radius 2 is 1.57 bits per heavy atom. The van der Waals surface area contributed by atoms with Gasteiger partial charge in [-0.25, -0.2) is 0 Å². The van der Waals surface area contributed by atoms with Crippen molar-refractivity contribution >= 4 is 17.7 Å². The van der Waals surface area contributed by atoms with Gasteiger partial charge < -0.3 is 5.11 Å². The Hall–Kier alpha value is -1.74. The summed E-state index contributed by atoms with van der Waals surface area (Å²) in [6.07, 6.45) is 0. The average molecular weight is 300 g/mol. The first-order chi connectivity index (χ1) is 10.1. The highest BCUT2D eigenvalue weighted by Gasteiger charge is 2.14. The van der Waals surface area contributed by atoms with Crippen molar-refractivity contribution in [1.29, 1.82) is 0 Å². The molecule has 110 valence electrons. The predicted octanol–water partition coefficient (Wildman–Crippen LogP) is 4.77. The first-order valence-electron chi connectivity index (χ1n) is 7.08. The summed E-state index contributed by atoms with van der Waals surface area (Å²) >= 11 is 1.84. The van der Waals surface area contributed by atoms with Crippen LogP contribution < -0.4 is 0 Å². The monoisotopic (exact) mass is 300 g/mol. The van der Waals surface area contributed by atoms with Crippen LogP contribution >= 0.6 is 11.8 Å². The smallest absolute Gasteiger partial charge is 0.310 e. The van der Waals surface area contributed by atoms with E-state index in [0.717, 1.165) is 11.3 Å². The van der Waals surface area contributed by atoms with Crippen molar-refractivity contribution in [2.24, 2.45) is 0 Å². The van der Waals surface area contributed by atoms with Crippen LogP contribution in [-0.2, 0) is 4.79 Å². The maximum Gasteiger partial charge on any atom is 0.310 e. The quantitative estimate of drug-likeness (QED) is 0.781. The minimum Gasteiger partial charge on any atom is -0.481 e. The molecule has 2 rings (SSSR count). The Labute approximate surface area is 130 Å². The van der Waals surface area contributed by atoms with E-state index in [4.69, 9.17) is 5.11 Å². The number of carboxylic acid groups (broad SMARTS) is 1. The number of carboxylic acids is 1. The Morgan fingerprint density at radius 1 is 1.00 bits per heavy atom. The van der Waals surface area contributed by atoms with Crippen molar-refractivity contribution < 1.29 is 9.90 Å². The van der Waals surface area contributed by atoms with Gasteiger partial charge >= 0.3 is 5.97 Å². The summed E-state index contributed by atoms with van der Waals surface area (Å²) in [4.78, 5) is 12.3. The number of rotatable bonds is 6. The van der Waals surface area contributed by atoms with Crippen LogP contribution in [-0.4, -0.2) is 16.8 Å². The zero-order valence-corrected chi connectivity index (χ0v) is 13.1. The molecule has 0 heterocycles. The molecule has 2 atom stereocenters. The lowest BCUT2D eigenvalue weighted by atomic mass is 9.96. The zero-order chi connectivity index (χ0) is 15.2. The molecule has 0 aliphatic heterocycles. The highest BCUT2D eigenvalue weighted by atomic mass is 32.2. The third kappa shape index (κ3) is 4.36. The van der Waals surface area contributed by atoms with E-state index < -0.39 is 11.9 Å². The number of benzene rings is 2. The van der Waals surface area contributed by atoms with Crippen LogP contribution in [0, 0.1) is 0 Å². The fourth-order valence-corrected chi connectivity index (χ4v) is 3.07. The van der Waals surface area contributed by atoms with E-state index in [2.05, 4.69) is 31.2 Å². The van der Waals surface area contributed by atoms with Gasteiger partial charge in [0.1, 0.15) is 0 Å². The van der Waals surface area contributed by atoms with Gasteiger partial charge in [0, 0.05) is 10.6 Å². The molecular formula is C18H20O2S. The van der Waals surface area contributed by atoms with E-state index in [9.17, 15) is 4.79 Å². The topological polar surface area (TPSA) is 37.3 Å². The molecule has 0 saturated heterocycles. The van der Waals surface area contributed by atoms with Gasteiger partial charge in [0.05, 0.1) is 5.92 Å². The van der Waals surface area contributed by atoms with Crippen LogP contribution in [0.4, 0.5) is 0 Å². The SMILES string of the molecule is CC(CSc1ccccc1)c1ccc(C(C)C(=O)O)cc1. The number of carbonyl (C=O) groups is 1. The molecule has 0 aliphatic carbocycles. The lowest BCUT2D eigenvalue weighted by molar-refractivity contribution is -0.138. The molecule has 0 aromatic heterocycles. The van der Waals surface area contributed by atoms with Crippen LogP contribution in [0.25, 0.3) is 0 Å². The summed E-state index contributed by atoms with van der Waals surface area (Å²) in [6, 6.07) is 18.3. The van der Waals surface area contributed by atoms with Crippen molar-refractivity contribution in [3.8, 4) is 0 Å². The molecule has 0 amide bonds. The maximum absolute atomic E-state index is 11.0. The first kappa shape index (κ1) is 15.6. The molecule has 0 aliphatic rings. The van der Waals surface area contributed by atoms with Crippen molar-refractivity contribution in [1.82, 2.24) is 0 Å². The van der Waals surface area contributed by atoms with Crippen LogP contribution in [0.5, 0.6) is 0 Å². The van der Waals surface area contributed by atoms with Gasteiger partial charge in [0.25, 0.3) is 0 Å². The Bertz CT molecular complexity index is 578. The normalized spacial score (nSPS) is 13.6. The van der Waals surface area contributed by atoms with Crippen molar-refractivity contribution in [2.75, 3.05) is 5.75 Å². The molecule has 0 bridgehead atoms. The largest absolute Gasteiger partial charge is 0.481 e. The van der Waals surface area contributed by atoms with E-state index in [1.54, 1.807) is 6.92 Å². The molecule has 0 spiro atoms. The summed E-state index contributed by atoms with van der Waals surface area (Å²) in [7, 11) is 0. The molecule has 2 unspecified atom stereocenters. The van der Waals surface area contributed by atoms with Gasteiger partial charge in [-0.2, -0.15) is 0 Å². The molecule has 2 aromatic carbocycles. The second kappa shape index (κ2) is 7.32. The lowest BCUT2D eigenvalue weighted by Crippen LogP contribution is -2.07. The van der Waals surface area contributed by atoms with E-state index in [1.165, 1.54) is 10.5 Å². The Balaban J connectivity index is 1.96. The molecule has 2 nitrogen and oxygen atoms in total. The lowest BCUT2D eigenvalue weighted by Gasteiger charge is -2.13. The fourth-order valence-electron chi connectivity index (χ4n) is 2.09. The van der Waals surface area contributed by atoms with E-state index in [-0.39, 0.29) is 0 Å². The second-order valence-corrected chi connectivity index (χ2v) is 6.35. The molecule has 2 aromatic rings. The van der Waals surface area contributed by atoms with Crippen LogP contribution in [0.15, 0.2) is 59.5 Å². The van der Waals surface area contributed by atoms with Crippen molar-refractivity contribution in [3.05, 3.63) is 65.7 Å². The number of hydrogen-bond acceptors (Lipinski definition) is 2. The van der Waals surface area contributed by atoms with Gasteiger partial charge in [-0.1, -0.05) is 49.4 Å². The third-order valence-corrected chi connectivity index (χ3v) is 4.89. The van der Waals surface area contributed by atoms with Crippen LogP contribution in [0.1, 0.15) is 36.8 Å². The van der Waals surface area contributed by atoms with Gasteiger partial charge in [-0.15, -0.1) is 11.8 Å². The van der Waals surface area contributed by atoms with Gasteiger partial charge in [0.15, 0.2) is 0 Å². The predicted molar refractivity (Wildman–Crippen MR) is 88.1 cm³/mol. The number of aliphatic carboxylic acids is 1. The standard InChI is InChI=1S/C18H20O2S/c1-13(12-21-17-6-4-3-5-7-17)15-8-10-16(11-9-15)14(2)18(19)20/h3-11,13-14H,12H2,1-2H3,(H,19,20). The highest BCUT2D eigenvalue weighted by molar-refractivity contribution is 7.99. The summed E-state index contributed by atoms with van der Waals surface area (Å²) in [5, 5.41) is 9.02. The summed E-state index contributed by atoms with van der Waals surface area (Å²) in [5.74, 6) is 0.213. The maximum atomic E-state index is 11.0. The van der Waals surface area contributed by atoms with Gasteiger partial charge in [0.2, 0.25) is 0 Å². The van der Waals surface area contributed by atoms with E-state index >= 15 is 0 Å². The van der Waals surface area contributed by atoms with Gasteiger partial charge in [-0.3, -0.25) is 4.79 Å². The molecule has 21 heavy (non-hydrogen) atoms. The van der Waals surface area contributed by atoms with Crippen molar-refractivity contribution in [2.45, 2.75) is 30.6 Å². The average Bonchev–Trinajstić information content (AvgIpc) is 2.53. The molecule has 0 radical (unpaired) electrons. The van der Waals surface area contributed by atoms with Crippen molar-refractivity contribution in [3.63, 3.8) is 0 Å². The second-order valence-electron chi connectivity index (χ2n) is 5.25. The molecule has 1 N–H and O–H groups in total. The summed E-state index contributed by atoms with van der Waals surface area (Å²) in [5.41, 5.74) is 2.11. The Morgan fingerprint density at radius 3 is 2.14 bits per heavy atom. The zero-order valence-electron chi connectivity index (χ0n) is 12.3. The Kier molecular flexibility index (Phi) is 5.45. The molecule has 3 heteroatoms. The van der Waals surface area contributed by atoms with Crippen LogP contribution in [0.2, 0.25) is 0 Å². The third-order valence-electron chi connectivity index (χ3n) is 3.62. The van der Waals surface area contributed by atoms with Gasteiger partial charge in [-0.05, 0) is 36.1 Å². The highest BCUT2D eigenvalue weighted by Crippen LogP contribution is 2.27. The number of thioether (sulfide) groups is 1. The minimum atomic E-state index is -0.782. The minimum absolute atomic E-state index is 0.435. The van der Waals surface area contributed by atoms with Crippen LogP contribution in [0.3, 0.4) is 0 Å². The molecule has 0 fully saturated rings. The first-order valence-corrected chi connectivity index (χ1v) is 8.07. The number of hydrogen-bond donors (Lipinski definition) is 1. The van der Waals surface area contributed by atoms with E-state index in [1.807, 2.05) is 42.1 Å². The fraction of sp³-hybridized carbons (Fsp3) is 0.278.